The van der Waals surface area contributed by atoms with Gasteiger partial charge in [-0.15, -0.1) is 0 Å². The molecule has 0 spiro atoms. The lowest BCUT2D eigenvalue weighted by Gasteiger charge is -2.14. The van der Waals surface area contributed by atoms with Gasteiger partial charge in [-0.25, -0.2) is 4.79 Å². The van der Waals surface area contributed by atoms with Crippen molar-refractivity contribution < 1.29 is 14.4 Å². The summed E-state index contributed by atoms with van der Waals surface area (Å²) in [5.74, 6) is -0.594. The van der Waals surface area contributed by atoms with Gasteiger partial charge in [-0.3, -0.25) is 19.5 Å². The molecule has 0 atom stereocenters. The minimum absolute atomic E-state index is 0.254. The lowest BCUT2D eigenvalue weighted by molar-refractivity contribution is 0.0653. The second kappa shape index (κ2) is 8.09. The van der Waals surface area contributed by atoms with Crippen LogP contribution in [-0.4, -0.2) is 40.8 Å². The van der Waals surface area contributed by atoms with E-state index in [-0.39, 0.29) is 24.4 Å². The van der Waals surface area contributed by atoms with Crippen LogP contribution in [0.15, 0.2) is 47.1 Å². The average Bonchev–Trinajstić information content (AvgIpc) is 2.88. The van der Waals surface area contributed by atoms with E-state index in [1.807, 2.05) is 18.2 Å². The molecular formula is C18H17BrN4O3. The molecule has 1 aliphatic rings. The Bertz CT molecular complexity index is 842. The van der Waals surface area contributed by atoms with Gasteiger partial charge in [0.05, 0.1) is 23.4 Å². The molecule has 134 valence electrons. The fourth-order valence-corrected chi connectivity index (χ4v) is 3.00. The first-order chi connectivity index (χ1) is 12.6. The summed E-state index contributed by atoms with van der Waals surface area (Å²) >= 11 is 3.30. The van der Waals surface area contributed by atoms with Crippen molar-refractivity contribution in [1.29, 1.82) is 0 Å². The van der Waals surface area contributed by atoms with Crippen molar-refractivity contribution in [3.8, 4) is 0 Å². The number of aromatic nitrogens is 1. The lowest BCUT2D eigenvalue weighted by Crippen LogP contribution is -2.38. The molecule has 3 rings (SSSR count). The molecule has 0 unspecified atom stereocenters. The first kappa shape index (κ1) is 18.1. The van der Waals surface area contributed by atoms with Crippen LogP contribution >= 0.6 is 15.9 Å². The summed E-state index contributed by atoms with van der Waals surface area (Å²) in [5.41, 5.74) is 1.59. The van der Waals surface area contributed by atoms with Crippen molar-refractivity contribution in [2.75, 3.05) is 13.1 Å². The van der Waals surface area contributed by atoms with Crippen molar-refractivity contribution in [3.05, 3.63) is 63.9 Å². The number of fused-ring (bicyclic) bond motifs is 1. The molecule has 0 saturated carbocycles. The molecule has 8 heteroatoms. The van der Waals surface area contributed by atoms with Gasteiger partial charge < -0.3 is 10.6 Å². The number of carbonyl (C=O) groups is 3. The number of pyridine rings is 1. The number of imide groups is 1. The number of amides is 4. The first-order valence-electron chi connectivity index (χ1n) is 8.13. The van der Waals surface area contributed by atoms with Gasteiger partial charge in [0.15, 0.2) is 0 Å². The summed E-state index contributed by atoms with van der Waals surface area (Å²) in [7, 11) is 0. The fourth-order valence-electron chi connectivity index (χ4n) is 2.64. The summed E-state index contributed by atoms with van der Waals surface area (Å²) in [6.45, 7) is 0.940. The van der Waals surface area contributed by atoms with E-state index in [0.29, 0.717) is 30.6 Å². The second-order valence-corrected chi connectivity index (χ2v) is 6.65. The van der Waals surface area contributed by atoms with Gasteiger partial charge in [0.1, 0.15) is 0 Å². The molecule has 1 aromatic carbocycles. The number of urea groups is 1. The van der Waals surface area contributed by atoms with Crippen molar-refractivity contribution in [2.24, 2.45) is 0 Å². The Balaban J connectivity index is 1.42. The molecule has 0 saturated heterocycles. The highest BCUT2D eigenvalue weighted by Crippen LogP contribution is 2.25. The van der Waals surface area contributed by atoms with Crippen LogP contribution < -0.4 is 10.6 Å². The van der Waals surface area contributed by atoms with E-state index in [9.17, 15) is 14.4 Å². The number of rotatable bonds is 6. The summed E-state index contributed by atoms with van der Waals surface area (Å²) in [6, 6.07) is 10.2. The molecule has 26 heavy (non-hydrogen) atoms. The highest BCUT2D eigenvalue weighted by Gasteiger charge is 2.34. The zero-order valence-corrected chi connectivity index (χ0v) is 15.5. The summed E-state index contributed by atoms with van der Waals surface area (Å²) in [5, 5.41) is 5.40. The largest absolute Gasteiger partial charge is 0.338 e. The smallest absolute Gasteiger partial charge is 0.315 e. The van der Waals surface area contributed by atoms with E-state index in [1.54, 1.807) is 24.4 Å². The molecule has 1 aromatic heterocycles. The third-order valence-electron chi connectivity index (χ3n) is 3.93. The molecule has 2 aromatic rings. The van der Waals surface area contributed by atoms with Crippen LogP contribution in [0.5, 0.6) is 0 Å². The van der Waals surface area contributed by atoms with E-state index in [2.05, 4.69) is 31.5 Å². The molecular weight excluding hydrogens is 400 g/mol. The van der Waals surface area contributed by atoms with Gasteiger partial charge in [-0.05, 0) is 36.8 Å². The Hall–Kier alpha value is -2.74. The molecule has 4 amide bonds. The van der Waals surface area contributed by atoms with Crippen LogP contribution in [0.3, 0.4) is 0 Å². The van der Waals surface area contributed by atoms with Gasteiger partial charge in [0.2, 0.25) is 0 Å². The lowest BCUT2D eigenvalue weighted by atomic mass is 10.1. The van der Waals surface area contributed by atoms with Gasteiger partial charge in [0, 0.05) is 23.8 Å². The monoisotopic (exact) mass is 416 g/mol. The van der Waals surface area contributed by atoms with Gasteiger partial charge >= 0.3 is 6.03 Å². The van der Waals surface area contributed by atoms with E-state index >= 15 is 0 Å². The number of carbonyl (C=O) groups excluding carboxylic acids is 3. The number of nitrogens with one attached hydrogen (secondary N) is 2. The number of hydrogen-bond donors (Lipinski definition) is 2. The Morgan fingerprint density at radius 1 is 1.08 bits per heavy atom. The van der Waals surface area contributed by atoms with Crippen LogP contribution in [0.4, 0.5) is 4.79 Å². The maximum Gasteiger partial charge on any atom is 0.315 e. The third kappa shape index (κ3) is 4.08. The van der Waals surface area contributed by atoms with Crippen molar-refractivity contribution >= 4 is 33.8 Å². The number of hydrogen-bond acceptors (Lipinski definition) is 4. The van der Waals surface area contributed by atoms with Crippen LogP contribution in [0, 0.1) is 0 Å². The minimum Gasteiger partial charge on any atom is -0.338 e. The highest BCUT2D eigenvalue weighted by atomic mass is 79.9. The van der Waals surface area contributed by atoms with Crippen molar-refractivity contribution in [1.82, 2.24) is 20.5 Å². The molecule has 0 fully saturated rings. The maximum atomic E-state index is 12.3. The Kier molecular flexibility index (Phi) is 5.62. The van der Waals surface area contributed by atoms with Crippen molar-refractivity contribution in [2.45, 2.75) is 13.0 Å². The molecule has 2 heterocycles. The maximum absolute atomic E-state index is 12.3. The molecule has 2 N–H and O–H groups in total. The first-order valence-corrected chi connectivity index (χ1v) is 8.93. The molecule has 0 radical (unpaired) electrons. The zero-order valence-electron chi connectivity index (χ0n) is 13.9. The Morgan fingerprint density at radius 2 is 1.88 bits per heavy atom. The van der Waals surface area contributed by atoms with E-state index < -0.39 is 0 Å². The van der Waals surface area contributed by atoms with E-state index in [4.69, 9.17) is 0 Å². The Morgan fingerprint density at radius 3 is 2.65 bits per heavy atom. The number of halogens is 1. The SMILES string of the molecule is O=C(NCCCN1C(=O)c2ccc(Br)cc2C1=O)NCc1ccccn1. The standard InChI is InChI=1S/C18H17BrN4O3/c19-12-5-6-14-15(10-12)17(25)23(16(14)24)9-3-8-21-18(26)22-11-13-4-1-2-7-20-13/h1-2,4-7,10H,3,8-9,11H2,(H2,21,22,26). The van der Waals surface area contributed by atoms with Crippen LogP contribution in [0.2, 0.25) is 0 Å². The quantitative estimate of drug-likeness (QED) is 0.558. The topological polar surface area (TPSA) is 91.4 Å². The predicted octanol–water partition coefficient (Wildman–Crippen LogP) is 2.33. The summed E-state index contributed by atoms with van der Waals surface area (Å²) < 4.78 is 0.755. The van der Waals surface area contributed by atoms with E-state index in [0.717, 1.165) is 10.2 Å². The molecule has 0 aliphatic carbocycles. The van der Waals surface area contributed by atoms with Gasteiger partial charge in [0.25, 0.3) is 11.8 Å². The summed E-state index contributed by atoms with van der Waals surface area (Å²) in [4.78, 5) is 41.7. The molecule has 1 aliphatic heterocycles. The van der Waals surface area contributed by atoms with Crippen LogP contribution in [-0.2, 0) is 6.54 Å². The predicted molar refractivity (Wildman–Crippen MR) is 98.6 cm³/mol. The highest BCUT2D eigenvalue weighted by molar-refractivity contribution is 9.10. The van der Waals surface area contributed by atoms with Crippen LogP contribution in [0.1, 0.15) is 32.8 Å². The Labute approximate surface area is 158 Å². The van der Waals surface area contributed by atoms with Gasteiger partial charge in [-0.2, -0.15) is 0 Å². The fraction of sp³-hybridized carbons (Fsp3) is 0.222. The van der Waals surface area contributed by atoms with Gasteiger partial charge in [-0.1, -0.05) is 22.0 Å². The average molecular weight is 417 g/mol. The zero-order chi connectivity index (χ0) is 18.5. The molecule has 7 nitrogen and oxygen atoms in total. The second-order valence-electron chi connectivity index (χ2n) is 5.74. The number of benzene rings is 1. The summed E-state index contributed by atoms with van der Waals surface area (Å²) in [6.07, 6.45) is 2.14. The number of nitrogens with zero attached hydrogens (tertiary/aromatic N) is 2. The molecule has 0 bridgehead atoms. The van der Waals surface area contributed by atoms with E-state index in [1.165, 1.54) is 4.90 Å². The minimum atomic E-state index is -0.318. The normalized spacial score (nSPS) is 12.9. The van der Waals surface area contributed by atoms with Crippen LogP contribution in [0.25, 0.3) is 0 Å². The third-order valence-corrected chi connectivity index (χ3v) is 4.43. The van der Waals surface area contributed by atoms with Crippen molar-refractivity contribution in [3.63, 3.8) is 0 Å².